The van der Waals surface area contributed by atoms with E-state index in [2.05, 4.69) is 4.98 Å². The molecule has 2 heterocycles. The van der Waals surface area contributed by atoms with Crippen LogP contribution >= 0.6 is 0 Å². The zero-order valence-electron chi connectivity index (χ0n) is 17.3. The fourth-order valence-corrected chi connectivity index (χ4v) is 4.62. The maximum Gasteiger partial charge on any atom is 0.295 e. The zero-order chi connectivity index (χ0) is 21.3. The molecule has 1 saturated heterocycles. The van der Waals surface area contributed by atoms with Crippen LogP contribution in [0.2, 0.25) is 0 Å². The van der Waals surface area contributed by atoms with Crippen LogP contribution in [-0.2, 0) is 9.59 Å². The third-order valence-corrected chi connectivity index (χ3v) is 6.14. The molecule has 0 bridgehead atoms. The molecule has 2 aromatic rings. The Labute approximate surface area is 176 Å². The number of aliphatic hydroxyl groups excluding tert-OH is 1. The third kappa shape index (κ3) is 3.47. The topological polar surface area (TPSA) is 79.7 Å². The first-order valence-corrected chi connectivity index (χ1v) is 10.4. The van der Waals surface area contributed by atoms with Gasteiger partial charge in [-0.2, -0.15) is 0 Å². The lowest BCUT2D eigenvalue weighted by molar-refractivity contribution is -0.141. The monoisotopic (exact) mass is 406 g/mol. The number of amides is 1. The molecule has 4 rings (SSSR count). The molecule has 30 heavy (non-hydrogen) atoms. The molecule has 1 unspecified atom stereocenters. The number of nitrogens with zero attached hydrogens (tertiary/aromatic N) is 2. The lowest BCUT2D eigenvalue weighted by Crippen LogP contribution is -2.40. The van der Waals surface area contributed by atoms with Crippen molar-refractivity contribution in [2.75, 3.05) is 7.11 Å². The van der Waals surface area contributed by atoms with Crippen molar-refractivity contribution < 1.29 is 19.4 Å². The first-order valence-electron chi connectivity index (χ1n) is 10.4. The molecule has 1 atom stereocenters. The smallest absolute Gasteiger partial charge is 0.295 e. The van der Waals surface area contributed by atoms with Crippen molar-refractivity contribution in [3.05, 3.63) is 65.0 Å². The van der Waals surface area contributed by atoms with Crippen molar-refractivity contribution in [1.29, 1.82) is 0 Å². The summed E-state index contributed by atoms with van der Waals surface area (Å²) in [5, 5.41) is 11.2. The highest BCUT2D eigenvalue weighted by molar-refractivity contribution is 6.46. The van der Waals surface area contributed by atoms with Crippen LogP contribution in [0.3, 0.4) is 0 Å². The molecule has 6 heteroatoms. The van der Waals surface area contributed by atoms with Gasteiger partial charge in [-0.25, -0.2) is 0 Å². The molecule has 1 aliphatic heterocycles. The van der Waals surface area contributed by atoms with E-state index >= 15 is 0 Å². The van der Waals surface area contributed by atoms with Gasteiger partial charge >= 0.3 is 0 Å². The molecule has 2 fully saturated rings. The van der Waals surface area contributed by atoms with Gasteiger partial charge in [0.1, 0.15) is 11.5 Å². The summed E-state index contributed by atoms with van der Waals surface area (Å²) < 4.78 is 5.25. The molecule has 1 saturated carbocycles. The summed E-state index contributed by atoms with van der Waals surface area (Å²) in [4.78, 5) is 32.1. The number of aromatic nitrogens is 1. The second-order valence-electron chi connectivity index (χ2n) is 7.97. The first kappa shape index (κ1) is 20.1. The van der Waals surface area contributed by atoms with E-state index in [1.54, 1.807) is 48.7 Å². The van der Waals surface area contributed by atoms with E-state index in [1.165, 1.54) is 0 Å². The normalized spacial score (nSPS) is 21.8. The van der Waals surface area contributed by atoms with E-state index in [1.807, 2.05) is 13.0 Å². The fraction of sp³-hybridized carbons (Fsp3) is 0.375. The van der Waals surface area contributed by atoms with E-state index < -0.39 is 17.7 Å². The molecule has 0 radical (unpaired) electrons. The van der Waals surface area contributed by atoms with Gasteiger partial charge in [-0.1, -0.05) is 25.3 Å². The second kappa shape index (κ2) is 8.30. The van der Waals surface area contributed by atoms with Crippen LogP contribution in [-0.4, -0.2) is 39.8 Å². The SMILES string of the molecule is COc1ccc(/C(O)=C2/C(=O)C(=O)N(C3CCCCC3)C2c2cccnc2)c(C)c1. The number of ether oxygens (including phenoxy) is 1. The van der Waals surface area contributed by atoms with Gasteiger partial charge in [0.2, 0.25) is 0 Å². The maximum absolute atomic E-state index is 13.1. The lowest BCUT2D eigenvalue weighted by atomic mass is 9.91. The summed E-state index contributed by atoms with van der Waals surface area (Å²) in [5.74, 6) is -0.665. The first-order chi connectivity index (χ1) is 14.5. The predicted octanol–water partition coefficient (Wildman–Crippen LogP) is 4.15. The molecule has 156 valence electrons. The number of methoxy groups -OCH3 is 1. The van der Waals surface area contributed by atoms with Crippen molar-refractivity contribution in [3.8, 4) is 5.75 Å². The summed E-state index contributed by atoms with van der Waals surface area (Å²) in [6, 6.07) is 8.25. The highest BCUT2D eigenvalue weighted by Crippen LogP contribution is 2.43. The number of ketones is 1. The van der Waals surface area contributed by atoms with Gasteiger partial charge in [0.05, 0.1) is 18.7 Å². The molecular formula is C24H26N2O4. The Morgan fingerprint density at radius 3 is 2.57 bits per heavy atom. The van der Waals surface area contributed by atoms with Crippen LogP contribution in [0.5, 0.6) is 5.75 Å². The van der Waals surface area contributed by atoms with Gasteiger partial charge < -0.3 is 14.7 Å². The average Bonchev–Trinajstić information content (AvgIpc) is 3.05. The predicted molar refractivity (Wildman–Crippen MR) is 113 cm³/mol. The summed E-state index contributed by atoms with van der Waals surface area (Å²) in [6.07, 6.45) is 8.26. The standard InChI is InChI=1S/C24H26N2O4/c1-15-13-18(30-2)10-11-19(15)22(27)20-21(16-7-6-12-25-14-16)26(24(29)23(20)28)17-8-4-3-5-9-17/h6-7,10-14,17,21,27H,3-5,8-9H2,1-2H3/b22-20-. The minimum Gasteiger partial charge on any atom is -0.507 e. The summed E-state index contributed by atoms with van der Waals surface area (Å²) in [6.45, 7) is 1.84. The van der Waals surface area contributed by atoms with E-state index in [-0.39, 0.29) is 17.4 Å². The minimum atomic E-state index is -0.637. The number of likely N-dealkylation sites (tertiary alicyclic amines) is 1. The summed E-state index contributed by atoms with van der Waals surface area (Å²) in [5.41, 5.74) is 2.15. The molecule has 1 aliphatic carbocycles. The van der Waals surface area contributed by atoms with E-state index in [4.69, 9.17) is 4.74 Å². The number of rotatable bonds is 4. The van der Waals surface area contributed by atoms with Crippen molar-refractivity contribution in [1.82, 2.24) is 9.88 Å². The van der Waals surface area contributed by atoms with Gasteiger partial charge in [0, 0.05) is 24.0 Å². The summed E-state index contributed by atoms with van der Waals surface area (Å²) >= 11 is 0. The van der Waals surface area contributed by atoms with E-state index in [0.717, 1.165) is 43.2 Å². The van der Waals surface area contributed by atoms with Gasteiger partial charge in [-0.3, -0.25) is 14.6 Å². The Kier molecular flexibility index (Phi) is 5.57. The highest BCUT2D eigenvalue weighted by Gasteiger charge is 2.49. The average molecular weight is 406 g/mol. The summed E-state index contributed by atoms with van der Waals surface area (Å²) in [7, 11) is 1.58. The lowest BCUT2D eigenvalue weighted by Gasteiger charge is -2.35. The van der Waals surface area contributed by atoms with Gasteiger partial charge in [-0.15, -0.1) is 0 Å². The van der Waals surface area contributed by atoms with Crippen molar-refractivity contribution in [3.63, 3.8) is 0 Å². The Balaban J connectivity index is 1.87. The van der Waals surface area contributed by atoms with E-state index in [9.17, 15) is 14.7 Å². The molecule has 6 nitrogen and oxygen atoms in total. The maximum atomic E-state index is 13.1. The number of aryl methyl sites for hydroxylation is 1. The minimum absolute atomic E-state index is 0.0114. The molecular weight excluding hydrogens is 380 g/mol. The number of aliphatic hydroxyl groups is 1. The van der Waals surface area contributed by atoms with Gasteiger partial charge in [-0.05, 0) is 55.2 Å². The third-order valence-electron chi connectivity index (χ3n) is 6.14. The zero-order valence-corrected chi connectivity index (χ0v) is 17.3. The quantitative estimate of drug-likeness (QED) is 0.469. The molecule has 1 aromatic heterocycles. The molecule has 1 amide bonds. The van der Waals surface area contributed by atoms with Gasteiger partial charge in [0.15, 0.2) is 0 Å². The van der Waals surface area contributed by atoms with Crippen molar-refractivity contribution in [2.24, 2.45) is 0 Å². The Morgan fingerprint density at radius 2 is 1.93 bits per heavy atom. The van der Waals surface area contributed by atoms with E-state index in [0.29, 0.717) is 11.3 Å². The van der Waals surface area contributed by atoms with Crippen LogP contribution in [0.25, 0.3) is 5.76 Å². The van der Waals surface area contributed by atoms with Crippen LogP contribution < -0.4 is 4.74 Å². The Morgan fingerprint density at radius 1 is 1.17 bits per heavy atom. The van der Waals surface area contributed by atoms with Crippen LogP contribution in [0.4, 0.5) is 0 Å². The van der Waals surface area contributed by atoms with Gasteiger partial charge in [0.25, 0.3) is 11.7 Å². The number of pyridine rings is 1. The fourth-order valence-electron chi connectivity index (χ4n) is 4.62. The van der Waals surface area contributed by atoms with Crippen molar-refractivity contribution >= 4 is 17.4 Å². The number of Topliss-reactive ketones (excluding diaryl/α,β-unsaturated/α-hetero) is 1. The van der Waals surface area contributed by atoms with Crippen LogP contribution in [0.1, 0.15) is 54.8 Å². The Bertz CT molecular complexity index is 994. The number of carbonyl (C=O) groups is 2. The van der Waals surface area contributed by atoms with Crippen LogP contribution in [0, 0.1) is 6.92 Å². The Hall–Kier alpha value is -3.15. The molecule has 1 aromatic carbocycles. The number of benzene rings is 1. The van der Waals surface area contributed by atoms with Crippen LogP contribution in [0.15, 0.2) is 48.3 Å². The number of hydrogen-bond donors (Lipinski definition) is 1. The highest BCUT2D eigenvalue weighted by atomic mass is 16.5. The molecule has 0 spiro atoms. The molecule has 1 N–H and O–H groups in total. The largest absolute Gasteiger partial charge is 0.507 e. The van der Waals surface area contributed by atoms with Crippen molar-refractivity contribution in [2.45, 2.75) is 51.1 Å². The number of carbonyl (C=O) groups excluding carboxylic acids is 2. The second-order valence-corrected chi connectivity index (χ2v) is 7.97. The number of hydrogen-bond acceptors (Lipinski definition) is 5. The molecule has 2 aliphatic rings.